The summed E-state index contributed by atoms with van der Waals surface area (Å²) in [6, 6.07) is 9.41. The number of aromatic carboxylic acids is 1. The predicted octanol–water partition coefficient (Wildman–Crippen LogP) is 3.34. The van der Waals surface area contributed by atoms with Crippen molar-refractivity contribution in [1.29, 1.82) is 5.41 Å². The molecule has 0 saturated carbocycles. The minimum atomic E-state index is -1.05. The molecule has 12 heteroatoms. The molecule has 0 unspecified atom stereocenters. The fraction of sp³-hybridized carbons (Fsp3) is 0.174. The molecule has 1 aromatic heterocycles. The number of hydrogen-bond donors (Lipinski definition) is 4. The number of anilines is 2. The average molecular weight is 500 g/mol. The van der Waals surface area contributed by atoms with Crippen molar-refractivity contribution in [2.45, 2.75) is 13.3 Å². The smallest absolute Gasteiger partial charge is 0.355 e. The third-order valence-electron chi connectivity index (χ3n) is 4.82. The number of thiazole rings is 1. The van der Waals surface area contributed by atoms with Gasteiger partial charge >= 0.3 is 11.9 Å². The van der Waals surface area contributed by atoms with Crippen molar-refractivity contribution in [1.82, 2.24) is 4.98 Å². The Morgan fingerprint density at radius 1 is 1.20 bits per heavy atom. The van der Waals surface area contributed by atoms with E-state index < -0.39 is 17.8 Å². The van der Waals surface area contributed by atoms with E-state index in [1.165, 1.54) is 42.6 Å². The van der Waals surface area contributed by atoms with E-state index in [0.717, 1.165) is 17.4 Å². The summed E-state index contributed by atoms with van der Waals surface area (Å²) in [5.74, 6) is -3.54. The van der Waals surface area contributed by atoms with Crippen molar-refractivity contribution in [3.8, 4) is 5.75 Å². The summed E-state index contributed by atoms with van der Waals surface area (Å²) in [5, 5.41) is 19.5. The Kier molecular flexibility index (Phi) is 8.10. The zero-order valence-corrected chi connectivity index (χ0v) is 19.4. The van der Waals surface area contributed by atoms with E-state index in [-0.39, 0.29) is 39.9 Å². The van der Waals surface area contributed by atoms with Crippen LogP contribution in [0.3, 0.4) is 0 Å². The number of nitrogens with zero attached hydrogens (tertiary/aromatic N) is 2. The SMILES string of the molecule is CCN(CCC(=O)Nc1ccc(C(=O)O)cc1)c1ncc(C(=O)Oc2ccc(C(=N)N)cc2F)s1. The monoisotopic (exact) mass is 499 g/mol. The lowest BCUT2D eigenvalue weighted by Gasteiger charge is -2.19. The molecule has 0 atom stereocenters. The van der Waals surface area contributed by atoms with Crippen molar-refractivity contribution in [3.05, 3.63) is 70.5 Å². The Labute approximate surface area is 203 Å². The summed E-state index contributed by atoms with van der Waals surface area (Å²) >= 11 is 1.04. The summed E-state index contributed by atoms with van der Waals surface area (Å²) < 4.78 is 19.3. The first kappa shape index (κ1) is 25.3. The number of carboxylic acids is 1. The highest BCUT2D eigenvalue weighted by Gasteiger charge is 2.19. The van der Waals surface area contributed by atoms with Crippen LogP contribution < -0.4 is 20.7 Å². The van der Waals surface area contributed by atoms with E-state index in [0.29, 0.717) is 23.9 Å². The van der Waals surface area contributed by atoms with Gasteiger partial charge in [0.1, 0.15) is 10.7 Å². The quantitative estimate of drug-likeness (QED) is 0.143. The number of amides is 1. The van der Waals surface area contributed by atoms with Crippen molar-refractivity contribution in [2.24, 2.45) is 5.73 Å². The van der Waals surface area contributed by atoms with Crippen LogP contribution in [-0.4, -0.2) is 46.9 Å². The third-order valence-corrected chi connectivity index (χ3v) is 5.86. The molecular formula is C23H22FN5O5S. The number of amidine groups is 1. The highest BCUT2D eigenvalue weighted by molar-refractivity contribution is 7.17. The number of aromatic nitrogens is 1. The second kappa shape index (κ2) is 11.2. The number of esters is 1. The number of hydrogen-bond acceptors (Lipinski definition) is 8. The van der Waals surface area contributed by atoms with Gasteiger partial charge in [0.25, 0.3) is 0 Å². The number of rotatable bonds is 10. The van der Waals surface area contributed by atoms with Crippen LogP contribution in [0.1, 0.15) is 38.9 Å². The van der Waals surface area contributed by atoms with Gasteiger partial charge in [-0.2, -0.15) is 0 Å². The third kappa shape index (κ3) is 6.60. The molecular weight excluding hydrogens is 477 g/mol. The standard InChI is InChI=1S/C23H22FN5O5S/c1-2-29(10-9-19(30)28-15-6-3-13(4-7-15)21(31)32)23-27-12-18(35-23)22(33)34-17-8-5-14(20(25)26)11-16(17)24/h3-8,11-12H,2,9-10H2,1H3,(H3,25,26)(H,28,30)(H,31,32). The molecule has 0 aliphatic carbocycles. The van der Waals surface area contributed by atoms with E-state index >= 15 is 0 Å². The summed E-state index contributed by atoms with van der Waals surface area (Å²) in [6.07, 6.45) is 1.44. The van der Waals surface area contributed by atoms with Gasteiger partial charge in [0.2, 0.25) is 5.91 Å². The molecule has 1 amide bonds. The maximum atomic E-state index is 14.1. The average Bonchev–Trinajstić information content (AvgIpc) is 3.31. The van der Waals surface area contributed by atoms with Crippen LogP contribution in [0.25, 0.3) is 0 Å². The molecule has 0 spiro atoms. The summed E-state index contributed by atoms with van der Waals surface area (Å²) in [6.45, 7) is 2.70. The van der Waals surface area contributed by atoms with Crippen LogP contribution in [0.15, 0.2) is 48.7 Å². The van der Waals surface area contributed by atoms with E-state index in [9.17, 15) is 18.8 Å². The fourth-order valence-corrected chi connectivity index (χ4v) is 3.83. The zero-order chi connectivity index (χ0) is 25.5. The van der Waals surface area contributed by atoms with Gasteiger partial charge in [-0.1, -0.05) is 11.3 Å². The molecule has 35 heavy (non-hydrogen) atoms. The summed E-state index contributed by atoms with van der Waals surface area (Å²) in [4.78, 5) is 41.8. The number of nitrogens with two attached hydrogens (primary N) is 1. The van der Waals surface area contributed by atoms with Crippen LogP contribution in [0, 0.1) is 11.2 Å². The Morgan fingerprint density at radius 2 is 1.89 bits per heavy atom. The number of carbonyl (C=O) groups is 3. The maximum Gasteiger partial charge on any atom is 0.355 e. The normalized spacial score (nSPS) is 10.5. The fourth-order valence-electron chi connectivity index (χ4n) is 2.95. The first-order chi connectivity index (χ1) is 16.7. The number of halogens is 1. The first-order valence-corrected chi connectivity index (χ1v) is 11.2. The van der Waals surface area contributed by atoms with Crippen molar-refractivity contribution in [3.63, 3.8) is 0 Å². The molecule has 5 N–H and O–H groups in total. The zero-order valence-electron chi connectivity index (χ0n) is 18.6. The summed E-state index contributed by atoms with van der Waals surface area (Å²) in [7, 11) is 0. The molecule has 10 nitrogen and oxygen atoms in total. The van der Waals surface area contributed by atoms with Gasteiger partial charge < -0.3 is 25.8 Å². The molecule has 2 aromatic carbocycles. The van der Waals surface area contributed by atoms with E-state index in [1.54, 1.807) is 4.90 Å². The van der Waals surface area contributed by atoms with Crippen LogP contribution >= 0.6 is 11.3 Å². The van der Waals surface area contributed by atoms with Crippen molar-refractivity contribution >= 4 is 45.8 Å². The van der Waals surface area contributed by atoms with Gasteiger partial charge in [0.15, 0.2) is 16.7 Å². The lowest BCUT2D eigenvalue weighted by atomic mass is 10.2. The Bertz CT molecular complexity index is 1260. The lowest BCUT2D eigenvalue weighted by Crippen LogP contribution is -2.27. The van der Waals surface area contributed by atoms with Crippen LogP contribution in [0.4, 0.5) is 15.2 Å². The molecule has 0 aliphatic rings. The molecule has 0 bridgehead atoms. The second-order valence-electron chi connectivity index (χ2n) is 7.22. The molecule has 1 heterocycles. The predicted molar refractivity (Wildman–Crippen MR) is 129 cm³/mol. The molecule has 3 aromatic rings. The number of carbonyl (C=O) groups excluding carboxylic acids is 2. The van der Waals surface area contributed by atoms with Crippen LogP contribution in [-0.2, 0) is 4.79 Å². The van der Waals surface area contributed by atoms with E-state index in [1.807, 2.05) is 6.92 Å². The van der Waals surface area contributed by atoms with Gasteiger partial charge in [-0.25, -0.2) is 19.0 Å². The van der Waals surface area contributed by atoms with Gasteiger partial charge in [-0.05, 0) is 49.4 Å². The number of nitrogen functional groups attached to an aromatic ring is 1. The number of ether oxygens (including phenoxy) is 1. The molecule has 0 radical (unpaired) electrons. The summed E-state index contributed by atoms with van der Waals surface area (Å²) in [5.41, 5.74) is 6.09. The molecule has 182 valence electrons. The van der Waals surface area contributed by atoms with Crippen molar-refractivity contribution < 1.29 is 28.6 Å². The van der Waals surface area contributed by atoms with Gasteiger partial charge in [0.05, 0.1) is 11.8 Å². The van der Waals surface area contributed by atoms with Gasteiger partial charge in [-0.3, -0.25) is 10.2 Å². The maximum absolute atomic E-state index is 14.1. The minimum absolute atomic E-state index is 0.120. The highest BCUT2D eigenvalue weighted by atomic mass is 32.1. The lowest BCUT2D eigenvalue weighted by molar-refractivity contribution is -0.116. The van der Waals surface area contributed by atoms with Crippen molar-refractivity contribution in [2.75, 3.05) is 23.3 Å². The van der Waals surface area contributed by atoms with Crippen LogP contribution in [0.2, 0.25) is 0 Å². The van der Waals surface area contributed by atoms with Crippen LogP contribution in [0.5, 0.6) is 5.75 Å². The van der Waals surface area contributed by atoms with Gasteiger partial charge in [-0.15, -0.1) is 0 Å². The number of nitrogens with one attached hydrogen (secondary N) is 2. The minimum Gasteiger partial charge on any atom is -0.478 e. The Morgan fingerprint density at radius 3 is 2.49 bits per heavy atom. The van der Waals surface area contributed by atoms with Gasteiger partial charge in [0, 0.05) is 30.8 Å². The highest BCUT2D eigenvalue weighted by Crippen LogP contribution is 2.25. The Hall–Kier alpha value is -4.32. The largest absolute Gasteiger partial charge is 0.478 e. The molecule has 0 fully saturated rings. The number of carboxylic acid groups (broad SMARTS) is 1. The molecule has 3 rings (SSSR count). The molecule has 0 aliphatic heterocycles. The second-order valence-corrected chi connectivity index (χ2v) is 8.22. The first-order valence-electron chi connectivity index (χ1n) is 10.4. The van der Waals surface area contributed by atoms with E-state index in [4.69, 9.17) is 21.0 Å². The Balaban J connectivity index is 1.57. The molecule has 0 saturated heterocycles. The topological polar surface area (TPSA) is 159 Å². The number of benzene rings is 2. The van der Waals surface area contributed by atoms with E-state index in [2.05, 4.69) is 10.3 Å².